The number of likely N-dealkylation sites (tertiary alicyclic amines) is 1. The molecule has 7 nitrogen and oxygen atoms in total. The molecule has 0 N–H and O–H groups in total. The van der Waals surface area contributed by atoms with E-state index in [0.29, 0.717) is 19.1 Å². The molecule has 0 bridgehead atoms. The Morgan fingerprint density at radius 2 is 1.85 bits per heavy atom. The lowest BCUT2D eigenvalue weighted by atomic mass is 9.87. The molecule has 0 radical (unpaired) electrons. The first-order valence-electron chi connectivity index (χ1n) is 13.8. The Hall–Kier alpha value is -2.60. The van der Waals surface area contributed by atoms with Gasteiger partial charge in [0.05, 0.1) is 19.2 Å². The number of carbonyl (C=O) groups is 1. The summed E-state index contributed by atoms with van der Waals surface area (Å²) in [7, 11) is -1.12. The van der Waals surface area contributed by atoms with Gasteiger partial charge in [0.25, 0.3) is 0 Å². The molecule has 2 aromatic carbocycles. The Morgan fingerprint density at radius 3 is 2.46 bits per heavy atom. The van der Waals surface area contributed by atoms with Gasteiger partial charge in [-0.3, -0.25) is 14.0 Å². The lowest BCUT2D eigenvalue weighted by Gasteiger charge is -2.39. The predicted molar refractivity (Wildman–Crippen MR) is 158 cm³/mol. The quantitative estimate of drug-likeness (QED) is 0.286. The standard InChI is InChI=1S/C31H43N2O5P/c1-9-37-39(8,35)24-12-10-23(11-13-24)27-18-21(2)14-16-32(27)20-26-25-15-17-33(30(34)38-31(4,5)6)29(25)22(3)19-28(26)36-7/h10-13,15,17,19,21,27H,9,14,16,18,20H2,1-8H3/t21-,27+,39?/m1/s1. The average Bonchev–Trinajstić information content (AvgIpc) is 3.32. The van der Waals surface area contributed by atoms with Crippen LogP contribution in [-0.2, 0) is 20.4 Å². The topological polar surface area (TPSA) is 70.0 Å². The molecule has 8 heteroatoms. The second kappa shape index (κ2) is 11.5. The van der Waals surface area contributed by atoms with Gasteiger partial charge in [0.2, 0.25) is 7.37 Å². The van der Waals surface area contributed by atoms with Gasteiger partial charge in [-0.25, -0.2) is 4.79 Å². The van der Waals surface area contributed by atoms with Crippen molar-refractivity contribution in [2.45, 2.75) is 72.6 Å². The molecule has 1 aromatic heterocycles. The molecular weight excluding hydrogens is 511 g/mol. The van der Waals surface area contributed by atoms with Crippen molar-refractivity contribution in [2.24, 2.45) is 5.92 Å². The summed E-state index contributed by atoms with van der Waals surface area (Å²) >= 11 is 0. The van der Waals surface area contributed by atoms with E-state index in [2.05, 4.69) is 24.0 Å². The molecule has 212 valence electrons. The summed E-state index contributed by atoms with van der Waals surface area (Å²) in [4.78, 5) is 15.5. The molecule has 1 aliphatic rings. The van der Waals surface area contributed by atoms with E-state index in [1.807, 2.05) is 58.9 Å². The van der Waals surface area contributed by atoms with Crippen LogP contribution in [0.1, 0.15) is 70.2 Å². The summed E-state index contributed by atoms with van der Waals surface area (Å²) in [6, 6.07) is 12.3. The minimum Gasteiger partial charge on any atom is -0.496 e. The summed E-state index contributed by atoms with van der Waals surface area (Å²) in [5.74, 6) is 1.41. The van der Waals surface area contributed by atoms with Crippen LogP contribution in [0, 0.1) is 12.8 Å². The first kappa shape index (κ1) is 29.4. The Morgan fingerprint density at radius 1 is 1.15 bits per heavy atom. The van der Waals surface area contributed by atoms with Gasteiger partial charge in [-0.15, -0.1) is 0 Å². The summed E-state index contributed by atoms with van der Waals surface area (Å²) in [6.07, 6.45) is 3.55. The number of piperidine rings is 1. The monoisotopic (exact) mass is 554 g/mol. The third-order valence-corrected chi connectivity index (χ3v) is 9.49. The van der Waals surface area contributed by atoms with Crippen LogP contribution in [-0.4, -0.2) is 48.1 Å². The number of carbonyl (C=O) groups excluding carboxylic acids is 1. The first-order chi connectivity index (χ1) is 18.3. The third kappa shape index (κ3) is 6.42. The molecule has 1 unspecified atom stereocenters. The lowest BCUT2D eigenvalue weighted by Crippen LogP contribution is -2.36. The second-order valence-electron chi connectivity index (χ2n) is 11.8. The molecule has 4 rings (SSSR count). The molecular formula is C31H43N2O5P. The summed E-state index contributed by atoms with van der Waals surface area (Å²) in [5, 5.41) is 1.74. The summed E-state index contributed by atoms with van der Waals surface area (Å²) in [6.45, 7) is 15.5. The zero-order valence-corrected chi connectivity index (χ0v) is 25.5. The van der Waals surface area contributed by atoms with Gasteiger partial charge in [0.15, 0.2) is 0 Å². The number of methoxy groups -OCH3 is 1. The van der Waals surface area contributed by atoms with Crippen LogP contribution in [0.3, 0.4) is 0 Å². The minimum absolute atomic E-state index is 0.208. The highest BCUT2D eigenvalue weighted by Crippen LogP contribution is 2.43. The van der Waals surface area contributed by atoms with Gasteiger partial charge >= 0.3 is 6.09 Å². The van der Waals surface area contributed by atoms with Gasteiger partial charge in [-0.2, -0.15) is 0 Å². The maximum atomic E-state index is 13.0. The molecule has 1 saturated heterocycles. The fourth-order valence-corrected chi connectivity index (χ4v) is 6.92. The van der Waals surface area contributed by atoms with E-state index in [-0.39, 0.29) is 12.1 Å². The smallest absolute Gasteiger partial charge is 0.419 e. The van der Waals surface area contributed by atoms with E-state index in [0.717, 1.165) is 52.5 Å². The van der Waals surface area contributed by atoms with Crippen LogP contribution in [0.2, 0.25) is 0 Å². The van der Waals surface area contributed by atoms with Crippen molar-refractivity contribution in [1.29, 1.82) is 0 Å². The number of benzene rings is 2. The number of aromatic nitrogens is 1. The molecule has 0 amide bonds. The van der Waals surface area contributed by atoms with E-state index >= 15 is 0 Å². The van der Waals surface area contributed by atoms with E-state index in [1.165, 1.54) is 5.56 Å². The number of fused-ring (bicyclic) bond motifs is 1. The van der Waals surface area contributed by atoms with Crippen LogP contribution in [0.25, 0.3) is 10.9 Å². The molecule has 0 aliphatic carbocycles. The van der Waals surface area contributed by atoms with Crippen LogP contribution >= 0.6 is 7.37 Å². The van der Waals surface area contributed by atoms with Gasteiger partial charge in [0.1, 0.15) is 11.4 Å². The Balaban J connectivity index is 1.71. The number of hydrogen-bond acceptors (Lipinski definition) is 6. The third-order valence-electron chi connectivity index (χ3n) is 7.50. The summed E-state index contributed by atoms with van der Waals surface area (Å²) < 4.78 is 31.6. The van der Waals surface area contributed by atoms with Crippen LogP contribution < -0.4 is 10.0 Å². The fraction of sp³-hybridized carbons (Fsp3) is 0.516. The van der Waals surface area contributed by atoms with Crippen molar-refractivity contribution in [2.75, 3.05) is 26.9 Å². The van der Waals surface area contributed by atoms with Crippen molar-refractivity contribution in [3.05, 3.63) is 59.3 Å². The summed E-state index contributed by atoms with van der Waals surface area (Å²) in [5.41, 5.74) is 3.49. The highest BCUT2D eigenvalue weighted by atomic mass is 31.2. The normalized spacial score (nSPS) is 20.1. The van der Waals surface area contributed by atoms with E-state index in [4.69, 9.17) is 14.0 Å². The van der Waals surface area contributed by atoms with Crippen LogP contribution in [0.15, 0.2) is 42.6 Å². The van der Waals surface area contributed by atoms with E-state index in [1.54, 1.807) is 24.5 Å². The number of ether oxygens (including phenoxy) is 2. The number of rotatable bonds is 7. The molecule has 39 heavy (non-hydrogen) atoms. The van der Waals surface area contributed by atoms with Crippen molar-refractivity contribution in [3.8, 4) is 5.75 Å². The van der Waals surface area contributed by atoms with Gasteiger partial charge in [-0.1, -0.05) is 19.1 Å². The van der Waals surface area contributed by atoms with Gasteiger partial charge in [-0.05, 0) is 95.3 Å². The Kier molecular flexibility index (Phi) is 8.65. The van der Waals surface area contributed by atoms with Crippen molar-refractivity contribution in [1.82, 2.24) is 9.47 Å². The fourth-order valence-electron chi connectivity index (χ4n) is 5.59. The van der Waals surface area contributed by atoms with Gasteiger partial charge < -0.3 is 14.0 Å². The second-order valence-corrected chi connectivity index (χ2v) is 14.2. The predicted octanol–water partition coefficient (Wildman–Crippen LogP) is 7.28. The SMILES string of the molecule is CCOP(C)(=O)c1ccc([C@@H]2C[C@H](C)CCN2Cc2c(OC)cc(C)c3c2ccn3C(=O)OC(C)(C)C)cc1. The first-order valence-corrected chi connectivity index (χ1v) is 15.9. The zero-order valence-electron chi connectivity index (χ0n) is 24.6. The zero-order chi connectivity index (χ0) is 28.5. The average molecular weight is 555 g/mol. The van der Waals surface area contributed by atoms with Crippen LogP contribution in [0.4, 0.5) is 4.79 Å². The van der Waals surface area contributed by atoms with Crippen molar-refractivity contribution in [3.63, 3.8) is 0 Å². The van der Waals surface area contributed by atoms with E-state index in [9.17, 15) is 9.36 Å². The van der Waals surface area contributed by atoms with E-state index < -0.39 is 13.0 Å². The molecule has 3 aromatic rings. The molecule has 1 fully saturated rings. The minimum atomic E-state index is -2.82. The lowest BCUT2D eigenvalue weighted by molar-refractivity contribution is 0.0544. The highest BCUT2D eigenvalue weighted by molar-refractivity contribution is 7.66. The Bertz CT molecular complexity index is 1370. The van der Waals surface area contributed by atoms with Crippen LogP contribution in [0.5, 0.6) is 5.75 Å². The largest absolute Gasteiger partial charge is 0.496 e. The number of hydrogen-bond donors (Lipinski definition) is 0. The molecule has 2 heterocycles. The molecule has 0 saturated carbocycles. The Labute approximate surface area is 232 Å². The maximum Gasteiger partial charge on any atom is 0.419 e. The van der Waals surface area contributed by atoms with Crippen molar-refractivity contribution < 1.29 is 23.4 Å². The number of aryl methyl sites for hydroxylation is 1. The molecule has 1 aliphatic heterocycles. The molecule has 3 atom stereocenters. The number of nitrogens with zero attached hydrogens (tertiary/aromatic N) is 2. The van der Waals surface area contributed by atoms with Crippen molar-refractivity contribution >= 4 is 29.7 Å². The maximum absolute atomic E-state index is 13.0. The highest BCUT2D eigenvalue weighted by Gasteiger charge is 2.30. The van der Waals surface area contributed by atoms with Gasteiger partial charge in [0, 0.05) is 41.7 Å². The molecule has 0 spiro atoms.